The van der Waals surface area contributed by atoms with E-state index in [2.05, 4.69) is 22.5 Å². The van der Waals surface area contributed by atoms with Crippen LogP contribution in [0, 0.1) is 0 Å². The number of imidazole rings is 1. The van der Waals surface area contributed by atoms with Crippen molar-refractivity contribution in [3.05, 3.63) is 50.5 Å². The number of pyridine rings is 1. The number of anilines is 3. The van der Waals surface area contributed by atoms with Crippen LogP contribution in [0.5, 0.6) is 0 Å². The number of nitrogen functional groups attached to an aromatic ring is 1. The fourth-order valence-corrected chi connectivity index (χ4v) is 3.98. The molecule has 2 aromatic heterocycles. The first-order valence-corrected chi connectivity index (χ1v) is 11.8. The van der Waals surface area contributed by atoms with Crippen molar-refractivity contribution in [2.75, 3.05) is 42.6 Å². The minimum absolute atomic E-state index is 0.329. The van der Waals surface area contributed by atoms with Gasteiger partial charge in [0.15, 0.2) is 5.82 Å². The van der Waals surface area contributed by atoms with Crippen LogP contribution in [0.3, 0.4) is 0 Å². The lowest BCUT2D eigenvalue weighted by atomic mass is 10.2. The number of nitrogens with one attached hydrogen (secondary N) is 2. The third-order valence-corrected chi connectivity index (χ3v) is 5.75. The summed E-state index contributed by atoms with van der Waals surface area (Å²) in [5, 5.41) is 6.90. The number of aromatic nitrogens is 3. The van der Waals surface area contributed by atoms with Crippen LogP contribution >= 0.6 is 0 Å². The lowest BCUT2D eigenvalue weighted by Gasteiger charge is -2.15. The molecule has 34 heavy (non-hydrogen) atoms. The standard InChI is InChI=1S/C24H31N7O3/c1-2-3-10-17-30-20-21(15-8-4-5-9-16(15)29-24(20)26)31(17)34-14-7-6-12-27-18-19(28-13-11-25)23(33)22(18)32/h4-5,8-9,27-28H,2-3,6-7,10-14,25H2,1H3,(H2,26,29). The molecule has 4 aromatic rings. The molecule has 0 fully saturated rings. The van der Waals surface area contributed by atoms with E-state index >= 15 is 0 Å². The minimum Gasteiger partial charge on any atom is -0.412 e. The van der Waals surface area contributed by atoms with Crippen molar-refractivity contribution in [3.63, 3.8) is 0 Å². The third-order valence-electron chi connectivity index (χ3n) is 5.75. The molecule has 10 nitrogen and oxygen atoms in total. The number of benzene rings is 1. The summed E-state index contributed by atoms with van der Waals surface area (Å²) in [6, 6.07) is 7.82. The second-order valence-corrected chi connectivity index (χ2v) is 8.23. The molecule has 0 aliphatic heterocycles. The number of fused-ring (bicyclic) bond motifs is 3. The molecular formula is C24H31N7O3. The Labute approximate surface area is 197 Å². The average molecular weight is 466 g/mol. The van der Waals surface area contributed by atoms with Gasteiger partial charge in [-0.1, -0.05) is 31.5 Å². The first-order chi connectivity index (χ1) is 16.6. The summed E-state index contributed by atoms with van der Waals surface area (Å²) in [4.78, 5) is 38.9. The van der Waals surface area contributed by atoms with E-state index in [1.54, 1.807) is 0 Å². The van der Waals surface area contributed by atoms with Crippen LogP contribution in [-0.4, -0.2) is 40.9 Å². The Morgan fingerprint density at radius 1 is 1.00 bits per heavy atom. The maximum atomic E-state index is 11.8. The van der Waals surface area contributed by atoms with E-state index in [-0.39, 0.29) is 0 Å². The monoisotopic (exact) mass is 465 g/mol. The lowest BCUT2D eigenvalue weighted by molar-refractivity contribution is 0.109. The Bertz CT molecular complexity index is 1350. The maximum Gasteiger partial charge on any atom is 0.253 e. The Kier molecular flexibility index (Phi) is 7.27. The molecule has 2 heterocycles. The average Bonchev–Trinajstić information content (AvgIpc) is 3.22. The van der Waals surface area contributed by atoms with Crippen LogP contribution in [-0.2, 0) is 6.42 Å². The van der Waals surface area contributed by atoms with Crippen molar-refractivity contribution >= 4 is 39.1 Å². The van der Waals surface area contributed by atoms with E-state index in [4.69, 9.17) is 21.3 Å². The number of nitrogens with two attached hydrogens (primary N) is 2. The highest BCUT2D eigenvalue weighted by Crippen LogP contribution is 2.28. The molecule has 0 unspecified atom stereocenters. The van der Waals surface area contributed by atoms with Crippen molar-refractivity contribution in [2.45, 2.75) is 39.0 Å². The highest BCUT2D eigenvalue weighted by Gasteiger charge is 2.20. The molecule has 180 valence electrons. The van der Waals surface area contributed by atoms with Gasteiger partial charge in [-0.3, -0.25) is 9.59 Å². The van der Waals surface area contributed by atoms with Gasteiger partial charge >= 0.3 is 0 Å². The highest BCUT2D eigenvalue weighted by molar-refractivity contribution is 6.06. The Balaban J connectivity index is 1.43. The summed E-state index contributed by atoms with van der Waals surface area (Å²) in [5.74, 6) is 1.23. The van der Waals surface area contributed by atoms with Crippen molar-refractivity contribution < 1.29 is 4.84 Å². The number of rotatable bonds is 13. The van der Waals surface area contributed by atoms with Crippen molar-refractivity contribution in [1.29, 1.82) is 0 Å². The van der Waals surface area contributed by atoms with Gasteiger partial charge in [0.1, 0.15) is 34.8 Å². The van der Waals surface area contributed by atoms with E-state index in [9.17, 15) is 9.59 Å². The predicted molar refractivity (Wildman–Crippen MR) is 136 cm³/mol. The summed E-state index contributed by atoms with van der Waals surface area (Å²) in [5.41, 5.74) is 13.7. The van der Waals surface area contributed by atoms with E-state index in [0.717, 1.165) is 54.3 Å². The SMILES string of the molecule is CCCCc1nc2c(N)nc3ccccc3c2n1OCCCCNc1c(NCCN)c(=O)c1=O. The van der Waals surface area contributed by atoms with E-state index in [1.807, 2.05) is 29.0 Å². The van der Waals surface area contributed by atoms with Gasteiger partial charge in [-0.05, 0) is 25.3 Å². The molecule has 0 radical (unpaired) electrons. The Morgan fingerprint density at radius 2 is 1.74 bits per heavy atom. The number of hydrogen-bond acceptors (Lipinski definition) is 9. The maximum absolute atomic E-state index is 11.8. The number of aryl methyl sites for hydroxylation is 1. The van der Waals surface area contributed by atoms with E-state index < -0.39 is 10.9 Å². The number of nitrogens with zero attached hydrogens (tertiary/aromatic N) is 3. The van der Waals surface area contributed by atoms with Crippen molar-refractivity contribution in [2.24, 2.45) is 5.73 Å². The summed E-state index contributed by atoms with van der Waals surface area (Å²) < 4.78 is 1.81. The summed E-state index contributed by atoms with van der Waals surface area (Å²) >= 11 is 0. The van der Waals surface area contributed by atoms with Crippen molar-refractivity contribution in [3.8, 4) is 0 Å². The van der Waals surface area contributed by atoms with Gasteiger partial charge in [-0.25, -0.2) is 9.97 Å². The van der Waals surface area contributed by atoms with Gasteiger partial charge in [0.05, 0.1) is 5.52 Å². The van der Waals surface area contributed by atoms with Crippen molar-refractivity contribution in [1.82, 2.24) is 14.7 Å². The molecule has 0 amide bonds. The van der Waals surface area contributed by atoms with Crippen LogP contribution in [0.1, 0.15) is 38.4 Å². The minimum atomic E-state index is -0.494. The molecule has 0 aliphatic carbocycles. The normalized spacial score (nSPS) is 11.5. The lowest BCUT2D eigenvalue weighted by Crippen LogP contribution is -2.38. The van der Waals surface area contributed by atoms with Gasteiger partial charge in [-0.15, -0.1) is 0 Å². The molecule has 0 saturated heterocycles. The zero-order chi connectivity index (χ0) is 24.1. The van der Waals surface area contributed by atoms with E-state index in [0.29, 0.717) is 49.0 Å². The van der Waals surface area contributed by atoms with Crippen LogP contribution in [0.15, 0.2) is 33.9 Å². The summed E-state index contributed by atoms with van der Waals surface area (Å²) in [6.45, 7) is 3.99. The molecule has 0 aliphatic rings. The fraction of sp³-hybridized carbons (Fsp3) is 0.417. The van der Waals surface area contributed by atoms with Gasteiger partial charge in [0.2, 0.25) is 0 Å². The van der Waals surface area contributed by atoms with E-state index in [1.165, 1.54) is 0 Å². The molecule has 0 bridgehead atoms. The first kappa shape index (κ1) is 23.5. The van der Waals surface area contributed by atoms with Crippen LogP contribution in [0.25, 0.3) is 21.9 Å². The number of unbranched alkanes of at least 4 members (excludes halogenated alkanes) is 2. The second-order valence-electron chi connectivity index (χ2n) is 8.23. The number of para-hydroxylation sites is 1. The molecular weight excluding hydrogens is 434 g/mol. The molecule has 0 spiro atoms. The van der Waals surface area contributed by atoms with Gasteiger partial charge in [0.25, 0.3) is 10.9 Å². The zero-order valence-corrected chi connectivity index (χ0v) is 19.4. The molecule has 0 saturated carbocycles. The van der Waals surface area contributed by atoms with Crippen LogP contribution < -0.4 is 37.8 Å². The highest BCUT2D eigenvalue weighted by atomic mass is 16.7. The summed E-state index contributed by atoms with van der Waals surface area (Å²) in [6.07, 6.45) is 4.33. The predicted octanol–water partition coefficient (Wildman–Crippen LogP) is 1.80. The quantitative estimate of drug-likeness (QED) is 0.171. The van der Waals surface area contributed by atoms with Crippen LogP contribution in [0.4, 0.5) is 17.2 Å². The molecule has 2 aromatic carbocycles. The summed E-state index contributed by atoms with van der Waals surface area (Å²) in [7, 11) is 0. The van der Waals surface area contributed by atoms with Gasteiger partial charge < -0.3 is 26.9 Å². The Morgan fingerprint density at radius 3 is 2.47 bits per heavy atom. The third kappa shape index (κ3) is 4.54. The zero-order valence-electron chi connectivity index (χ0n) is 19.4. The largest absolute Gasteiger partial charge is 0.412 e. The fourth-order valence-electron chi connectivity index (χ4n) is 3.98. The Hall–Kier alpha value is -3.66. The van der Waals surface area contributed by atoms with Gasteiger partial charge in [0, 0.05) is 31.4 Å². The second kappa shape index (κ2) is 10.5. The molecule has 0 atom stereocenters. The smallest absolute Gasteiger partial charge is 0.253 e. The van der Waals surface area contributed by atoms with Crippen LogP contribution in [0.2, 0.25) is 0 Å². The number of hydrogen-bond donors (Lipinski definition) is 4. The molecule has 4 rings (SSSR count). The topological polar surface area (TPSA) is 150 Å². The van der Waals surface area contributed by atoms with Gasteiger partial charge in [-0.2, -0.15) is 4.73 Å². The molecule has 10 heteroatoms. The first-order valence-electron chi connectivity index (χ1n) is 11.8. The molecule has 6 N–H and O–H groups in total.